The van der Waals surface area contributed by atoms with Crippen LogP contribution in [0.2, 0.25) is 0 Å². The molecular weight excluding hydrogens is 307 g/mol. The maximum atomic E-state index is 4.67. The van der Waals surface area contributed by atoms with E-state index < -0.39 is 0 Å². The summed E-state index contributed by atoms with van der Waals surface area (Å²) < 4.78 is 0. The minimum absolute atomic E-state index is 0.757. The van der Waals surface area contributed by atoms with E-state index in [9.17, 15) is 0 Å². The van der Waals surface area contributed by atoms with E-state index in [1.807, 2.05) is 12.2 Å². The zero-order valence-corrected chi connectivity index (χ0v) is 11.0. The summed E-state index contributed by atoms with van der Waals surface area (Å²) in [6, 6.07) is 4.15. The Labute approximate surface area is 114 Å². The molecule has 2 nitrogen and oxygen atoms in total. The van der Waals surface area contributed by atoms with Crippen molar-refractivity contribution in [1.82, 2.24) is 0 Å². The van der Waals surface area contributed by atoms with Gasteiger partial charge in [-0.3, -0.25) is 0 Å². The van der Waals surface area contributed by atoms with Crippen molar-refractivity contribution in [2.24, 2.45) is 0 Å². The van der Waals surface area contributed by atoms with Crippen LogP contribution in [0.25, 0.3) is 22.8 Å². The van der Waals surface area contributed by atoms with Crippen LogP contribution in [0.5, 0.6) is 0 Å². The van der Waals surface area contributed by atoms with Crippen LogP contribution >= 0.6 is 20.2 Å². The van der Waals surface area contributed by atoms with E-state index in [0.29, 0.717) is 0 Å². The number of nitrogens with zero attached hydrogens (tertiary/aromatic N) is 2. The molecule has 0 fully saturated rings. The van der Waals surface area contributed by atoms with Crippen molar-refractivity contribution < 1.29 is 13.1 Å². The van der Waals surface area contributed by atoms with E-state index in [2.05, 4.69) is 55.1 Å². The fourth-order valence-corrected chi connectivity index (χ4v) is 1.68. The molecular formula is C12H8Cl2CuN2-2. The van der Waals surface area contributed by atoms with Gasteiger partial charge < -0.3 is 10.6 Å². The van der Waals surface area contributed by atoms with Gasteiger partial charge in [0, 0.05) is 0 Å². The summed E-state index contributed by atoms with van der Waals surface area (Å²) >= 11 is 0.757. The first-order valence-corrected chi connectivity index (χ1v) is 7.35. The third-order valence-corrected chi connectivity index (χ3v) is 2.34. The van der Waals surface area contributed by atoms with Crippen LogP contribution in [0.15, 0.2) is 36.7 Å². The van der Waals surface area contributed by atoms with E-state index >= 15 is 0 Å². The average molecular weight is 315 g/mol. The second-order valence-corrected chi connectivity index (χ2v) is 4.81. The Morgan fingerprint density at radius 3 is 1.65 bits per heavy atom. The Morgan fingerprint density at radius 2 is 1.24 bits per heavy atom. The number of halogens is 2. The first-order valence-electron chi connectivity index (χ1n) is 4.76. The molecule has 2 aliphatic heterocycles. The van der Waals surface area contributed by atoms with E-state index in [1.165, 1.54) is 0 Å². The number of rotatable bonds is 0. The van der Waals surface area contributed by atoms with Crippen molar-refractivity contribution in [3.05, 3.63) is 57.8 Å². The number of hydrogen-bond acceptors (Lipinski definition) is 0. The predicted molar refractivity (Wildman–Crippen MR) is 70.6 cm³/mol. The molecule has 1 aromatic carbocycles. The van der Waals surface area contributed by atoms with Crippen LogP contribution in [0.3, 0.4) is 0 Å². The zero-order valence-electron chi connectivity index (χ0n) is 8.57. The first kappa shape index (κ1) is 12.6. The topological polar surface area (TPSA) is 28.2 Å². The van der Waals surface area contributed by atoms with E-state index in [-0.39, 0.29) is 0 Å². The molecule has 5 heteroatoms. The second-order valence-electron chi connectivity index (χ2n) is 3.26. The molecule has 0 bridgehead atoms. The van der Waals surface area contributed by atoms with Gasteiger partial charge >= 0.3 is 33.3 Å². The van der Waals surface area contributed by atoms with Crippen molar-refractivity contribution in [3.8, 4) is 0 Å². The minimum atomic E-state index is 0.757. The van der Waals surface area contributed by atoms with Crippen molar-refractivity contribution >= 4 is 43.7 Å². The van der Waals surface area contributed by atoms with Crippen LogP contribution in [0.4, 0.5) is 11.4 Å². The van der Waals surface area contributed by atoms with Crippen LogP contribution in [0.1, 0.15) is 0 Å². The third-order valence-electron chi connectivity index (χ3n) is 2.34. The van der Waals surface area contributed by atoms with Crippen LogP contribution in [-0.2, 0) is 13.1 Å². The molecule has 0 spiro atoms. The predicted octanol–water partition coefficient (Wildman–Crippen LogP) is 3.69. The average Bonchev–Trinajstić information content (AvgIpc) is 2.40. The number of allylic oxidation sites excluding steroid dienone is 2. The molecule has 0 aliphatic carbocycles. The Morgan fingerprint density at radius 1 is 0.824 bits per heavy atom. The second kappa shape index (κ2) is 6.18. The summed E-state index contributed by atoms with van der Waals surface area (Å²) in [7, 11) is 9.34. The Bertz CT molecular complexity index is 528. The van der Waals surface area contributed by atoms with Crippen molar-refractivity contribution in [2.45, 2.75) is 0 Å². The SMILES string of the molecule is C1=C[N-]c2c3c(ccc2=C1)=CC=C[N-]3.[Cl][Cu][Cl]. The number of benzene rings is 1. The monoisotopic (exact) mass is 313 g/mol. The number of hydrogen-bond donors (Lipinski definition) is 0. The van der Waals surface area contributed by atoms with Gasteiger partial charge in [-0.1, -0.05) is 36.4 Å². The van der Waals surface area contributed by atoms with Crippen molar-refractivity contribution in [2.75, 3.05) is 0 Å². The normalized spacial score (nSPS) is 14.0. The molecule has 0 unspecified atom stereocenters. The van der Waals surface area contributed by atoms with E-state index in [1.54, 1.807) is 12.4 Å². The molecule has 3 rings (SSSR count). The summed E-state index contributed by atoms with van der Waals surface area (Å²) in [6.07, 6.45) is 11.6. The summed E-state index contributed by atoms with van der Waals surface area (Å²) in [5, 5.41) is 11.0. The standard InChI is InChI=1S/C12H8N2.2ClH.Cu/c1-3-9-5-6-10-4-2-8-14-12(10)11(9)13-7-1;;;/h1-8H;2*1H;/q-2;;;+2/p-2. The Hall–Kier alpha value is -0.861. The van der Waals surface area contributed by atoms with Crippen molar-refractivity contribution in [3.63, 3.8) is 0 Å². The Balaban J connectivity index is 0.000000329. The molecule has 0 amide bonds. The molecule has 0 atom stereocenters. The molecule has 0 saturated carbocycles. The fourth-order valence-electron chi connectivity index (χ4n) is 1.68. The van der Waals surface area contributed by atoms with Crippen LogP contribution in [-0.4, -0.2) is 0 Å². The van der Waals surface area contributed by atoms with Gasteiger partial charge in [0.25, 0.3) is 0 Å². The van der Waals surface area contributed by atoms with E-state index in [4.69, 9.17) is 0 Å². The molecule has 0 aromatic heterocycles. The van der Waals surface area contributed by atoms with Gasteiger partial charge in [0.05, 0.1) is 0 Å². The molecule has 17 heavy (non-hydrogen) atoms. The molecule has 0 saturated heterocycles. The molecule has 1 aromatic rings. The zero-order chi connectivity index (χ0) is 12.1. The Kier molecular flexibility index (Phi) is 4.57. The molecule has 0 N–H and O–H groups in total. The fraction of sp³-hybridized carbons (Fsp3) is 0. The quantitative estimate of drug-likeness (QED) is 0.653. The number of fused-ring (bicyclic) bond motifs is 3. The van der Waals surface area contributed by atoms with Gasteiger partial charge in [0.15, 0.2) is 0 Å². The summed E-state index contributed by atoms with van der Waals surface area (Å²) in [4.78, 5) is 0. The molecule has 0 radical (unpaired) electrons. The molecule has 2 aliphatic rings. The first-order chi connectivity index (χ1) is 8.36. The van der Waals surface area contributed by atoms with E-state index in [0.717, 1.165) is 34.9 Å². The van der Waals surface area contributed by atoms with Gasteiger partial charge in [0.2, 0.25) is 0 Å². The molecule has 93 valence electrons. The van der Waals surface area contributed by atoms with Gasteiger partial charge in [-0.2, -0.15) is 12.4 Å². The van der Waals surface area contributed by atoms with Gasteiger partial charge in [0.1, 0.15) is 0 Å². The summed E-state index contributed by atoms with van der Waals surface area (Å²) in [5.41, 5.74) is 1.95. The van der Waals surface area contributed by atoms with Crippen molar-refractivity contribution in [1.29, 1.82) is 0 Å². The van der Waals surface area contributed by atoms with Gasteiger partial charge in [-0.15, -0.1) is 11.4 Å². The third kappa shape index (κ3) is 2.88. The summed E-state index contributed by atoms with van der Waals surface area (Å²) in [6.45, 7) is 0. The van der Waals surface area contributed by atoms with Crippen LogP contribution < -0.4 is 10.4 Å². The van der Waals surface area contributed by atoms with Crippen LogP contribution in [0, 0.1) is 0 Å². The maximum absolute atomic E-state index is 4.67. The van der Waals surface area contributed by atoms with Gasteiger partial charge in [-0.25, -0.2) is 0 Å². The molecule has 2 heterocycles. The summed E-state index contributed by atoms with van der Waals surface area (Å²) in [5.74, 6) is 0. The van der Waals surface area contributed by atoms with Gasteiger partial charge in [-0.05, 0) is 10.4 Å².